The zero-order valence-corrected chi connectivity index (χ0v) is 53.0. The topological polar surface area (TPSA) is 78.9 Å². The SMILES string of the molecule is CCCCCCC/C=C\C/C=C\CCCCCCCCCCCCCCCCCCCCCC(=O)OCC(COC(=O)CCCCCCCC)OC(=O)CCCCCCCCCCCCCCCCCCCCCCCCC. The molecule has 6 nitrogen and oxygen atoms in total. The van der Waals surface area contributed by atoms with E-state index in [9.17, 15) is 14.4 Å². The minimum absolute atomic E-state index is 0.0644. The maximum absolute atomic E-state index is 12.9. The summed E-state index contributed by atoms with van der Waals surface area (Å²) in [6, 6.07) is 0. The third-order valence-electron chi connectivity index (χ3n) is 16.2. The van der Waals surface area contributed by atoms with Crippen LogP contribution < -0.4 is 0 Å². The van der Waals surface area contributed by atoms with E-state index >= 15 is 0 Å². The first-order valence-corrected chi connectivity index (χ1v) is 35.3. The molecule has 0 aromatic heterocycles. The molecule has 0 rings (SSSR count). The minimum Gasteiger partial charge on any atom is -0.462 e. The van der Waals surface area contributed by atoms with E-state index in [-0.39, 0.29) is 31.1 Å². The fourth-order valence-corrected chi connectivity index (χ4v) is 10.9. The molecule has 0 spiro atoms. The molecule has 78 heavy (non-hydrogen) atoms. The smallest absolute Gasteiger partial charge is 0.306 e. The van der Waals surface area contributed by atoms with Gasteiger partial charge in [0.15, 0.2) is 6.10 Å². The average Bonchev–Trinajstić information content (AvgIpc) is 3.44. The van der Waals surface area contributed by atoms with Gasteiger partial charge >= 0.3 is 17.9 Å². The van der Waals surface area contributed by atoms with Crippen molar-refractivity contribution in [2.24, 2.45) is 0 Å². The lowest BCUT2D eigenvalue weighted by atomic mass is 10.0. The van der Waals surface area contributed by atoms with Crippen molar-refractivity contribution < 1.29 is 28.6 Å². The highest BCUT2D eigenvalue weighted by Gasteiger charge is 2.19. The number of rotatable bonds is 66. The van der Waals surface area contributed by atoms with E-state index < -0.39 is 6.10 Å². The molecule has 0 aliphatic rings. The Morgan fingerprint density at radius 3 is 0.705 bits per heavy atom. The van der Waals surface area contributed by atoms with Crippen LogP contribution in [0.1, 0.15) is 400 Å². The summed E-state index contributed by atoms with van der Waals surface area (Å²) in [5.74, 6) is -0.844. The van der Waals surface area contributed by atoms with Crippen molar-refractivity contribution >= 4 is 17.9 Å². The number of unbranched alkanes of at least 4 members (excludes halogenated alkanes) is 51. The summed E-state index contributed by atoms with van der Waals surface area (Å²) < 4.78 is 16.9. The van der Waals surface area contributed by atoms with E-state index in [0.29, 0.717) is 19.3 Å². The Hall–Kier alpha value is -2.11. The first-order chi connectivity index (χ1) is 38.5. The Morgan fingerprint density at radius 2 is 0.462 bits per heavy atom. The Kier molecular flexibility index (Phi) is 65.6. The molecule has 0 saturated heterocycles. The fourth-order valence-electron chi connectivity index (χ4n) is 10.9. The fraction of sp³-hybridized carbons (Fsp3) is 0.903. The van der Waals surface area contributed by atoms with Crippen LogP contribution in [0.15, 0.2) is 24.3 Å². The number of esters is 3. The van der Waals surface area contributed by atoms with Gasteiger partial charge in [0.05, 0.1) is 0 Å². The lowest BCUT2D eigenvalue weighted by Gasteiger charge is -2.18. The van der Waals surface area contributed by atoms with Crippen LogP contribution in [-0.4, -0.2) is 37.2 Å². The molecule has 0 saturated carbocycles. The van der Waals surface area contributed by atoms with Gasteiger partial charge in [-0.25, -0.2) is 0 Å². The van der Waals surface area contributed by atoms with Crippen molar-refractivity contribution in [3.8, 4) is 0 Å². The number of carbonyl (C=O) groups is 3. The summed E-state index contributed by atoms with van der Waals surface area (Å²) in [6.45, 7) is 6.65. The van der Waals surface area contributed by atoms with Crippen LogP contribution in [0, 0.1) is 0 Å². The summed E-state index contributed by atoms with van der Waals surface area (Å²) in [6.07, 6.45) is 82.6. The van der Waals surface area contributed by atoms with Crippen molar-refractivity contribution in [2.75, 3.05) is 13.2 Å². The summed E-state index contributed by atoms with van der Waals surface area (Å²) in [4.78, 5) is 38.1. The molecule has 6 heteroatoms. The third-order valence-corrected chi connectivity index (χ3v) is 16.2. The Morgan fingerprint density at radius 1 is 0.256 bits per heavy atom. The number of ether oxygens (including phenoxy) is 3. The molecule has 0 aromatic rings. The minimum atomic E-state index is -0.764. The van der Waals surface area contributed by atoms with E-state index in [4.69, 9.17) is 14.2 Å². The predicted octanol–water partition coefficient (Wildman–Crippen LogP) is 24.2. The molecule has 1 atom stereocenters. The van der Waals surface area contributed by atoms with E-state index in [0.717, 1.165) is 64.2 Å². The second-order valence-electron chi connectivity index (χ2n) is 24.2. The molecule has 460 valence electrons. The zero-order valence-electron chi connectivity index (χ0n) is 53.0. The van der Waals surface area contributed by atoms with Crippen molar-refractivity contribution in [1.29, 1.82) is 0 Å². The number of hydrogen-bond donors (Lipinski definition) is 0. The van der Waals surface area contributed by atoms with Gasteiger partial charge in [-0.15, -0.1) is 0 Å². The van der Waals surface area contributed by atoms with Crippen molar-refractivity contribution in [3.63, 3.8) is 0 Å². The van der Waals surface area contributed by atoms with Gasteiger partial charge in [-0.1, -0.05) is 353 Å². The normalized spacial score (nSPS) is 12.1. The van der Waals surface area contributed by atoms with Crippen LogP contribution in [0.4, 0.5) is 0 Å². The summed E-state index contributed by atoms with van der Waals surface area (Å²) in [5.41, 5.74) is 0. The van der Waals surface area contributed by atoms with E-state index in [1.165, 1.54) is 295 Å². The van der Waals surface area contributed by atoms with Crippen LogP contribution >= 0.6 is 0 Å². The van der Waals surface area contributed by atoms with Gasteiger partial charge in [-0.2, -0.15) is 0 Å². The van der Waals surface area contributed by atoms with Crippen LogP contribution in [0.25, 0.3) is 0 Å². The van der Waals surface area contributed by atoms with Gasteiger partial charge in [0, 0.05) is 19.3 Å². The van der Waals surface area contributed by atoms with Gasteiger partial charge in [0.25, 0.3) is 0 Å². The lowest BCUT2D eigenvalue weighted by Crippen LogP contribution is -2.30. The van der Waals surface area contributed by atoms with Crippen LogP contribution in [0.5, 0.6) is 0 Å². The Balaban J connectivity index is 3.94. The first-order valence-electron chi connectivity index (χ1n) is 35.3. The Bertz CT molecular complexity index is 1260. The molecule has 0 heterocycles. The largest absolute Gasteiger partial charge is 0.462 e. The zero-order chi connectivity index (χ0) is 56.4. The molecular formula is C72H136O6. The second-order valence-corrected chi connectivity index (χ2v) is 24.2. The summed E-state index contributed by atoms with van der Waals surface area (Å²) in [5, 5.41) is 0. The molecule has 0 radical (unpaired) electrons. The van der Waals surface area contributed by atoms with Gasteiger partial charge in [0.2, 0.25) is 0 Å². The highest BCUT2D eigenvalue weighted by Crippen LogP contribution is 2.19. The summed E-state index contributed by atoms with van der Waals surface area (Å²) in [7, 11) is 0. The van der Waals surface area contributed by atoms with Gasteiger partial charge in [-0.3, -0.25) is 14.4 Å². The molecule has 1 unspecified atom stereocenters. The summed E-state index contributed by atoms with van der Waals surface area (Å²) >= 11 is 0. The van der Waals surface area contributed by atoms with Crippen molar-refractivity contribution in [2.45, 2.75) is 406 Å². The Labute approximate surface area is 487 Å². The number of allylic oxidation sites excluding steroid dienone is 4. The van der Waals surface area contributed by atoms with Crippen LogP contribution in [0.3, 0.4) is 0 Å². The molecule has 0 aliphatic carbocycles. The average molecular weight is 1100 g/mol. The molecule has 0 amide bonds. The second kappa shape index (κ2) is 67.4. The molecule has 0 aliphatic heterocycles. The molecule has 0 fully saturated rings. The van der Waals surface area contributed by atoms with Crippen molar-refractivity contribution in [3.05, 3.63) is 24.3 Å². The number of carbonyl (C=O) groups excluding carboxylic acids is 3. The highest BCUT2D eigenvalue weighted by atomic mass is 16.6. The van der Waals surface area contributed by atoms with Gasteiger partial charge in [-0.05, 0) is 51.4 Å². The third kappa shape index (κ3) is 64.7. The van der Waals surface area contributed by atoms with Gasteiger partial charge < -0.3 is 14.2 Å². The van der Waals surface area contributed by atoms with E-state index in [2.05, 4.69) is 45.1 Å². The number of hydrogen-bond acceptors (Lipinski definition) is 6. The van der Waals surface area contributed by atoms with E-state index in [1.54, 1.807) is 0 Å². The van der Waals surface area contributed by atoms with E-state index in [1.807, 2.05) is 0 Å². The molecular weight excluding hydrogens is 961 g/mol. The first kappa shape index (κ1) is 75.9. The molecule has 0 N–H and O–H groups in total. The predicted molar refractivity (Wildman–Crippen MR) is 340 cm³/mol. The van der Waals surface area contributed by atoms with Crippen LogP contribution in [0.2, 0.25) is 0 Å². The standard InChI is InChI=1S/C72H136O6/c1-4-7-10-13-16-18-20-22-24-26-28-30-32-33-34-35-36-37-38-39-41-42-44-46-48-50-52-54-56-59-62-65-71(74)77-68-69(67-76-70(73)64-61-58-15-12-9-6-3)78-72(75)66-63-60-57-55-53-51-49-47-45-43-40-31-29-27-25-23-21-19-17-14-11-8-5-2/h20,22,26,28,69H,4-19,21,23-25,27,29-68H2,1-3H3/b22-20-,28-26-. The van der Waals surface area contributed by atoms with Crippen molar-refractivity contribution in [1.82, 2.24) is 0 Å². The molecule has 0 bridgehead atoms. The molecule has 0 aromatic carbocycles. The van der Waals surface area contributed by atoms with Crippen LogP contribution in [-0.2, 0) is 28.6 Å². The maximum atomic E-state index is 12.9. The lowest BCUT2D eigenvalue weighted by molar-refractivity contribution is -0.167. The highest BCUT2D eigenvalue weighted by molar-refractivity contribution is 5.71. The maximum Gasteiger partial charge on any atom is 0.306 e. The quantitative estimate of drug-likeness (QED) is 0.0261. The monoisotopic (exact) mass is 1100 g/mol. The van der Waals surface area contributed by atoms with Gasteiger partial charge in [0.1, 0.15) is 13.2 Å².